The molecule has 1 unspecified atom stereocenters. The molecule has 3 aromatic rings. The number of hydrogen-bond donors (Lipinski definition) is 1. The molecule has 204 valence electrons. The van der Waals surface area contributed by atoms with E-state index in [2.05, 4.69) is 0 Å². The zero-order valence-corrected chi connectivity index (χ0v) is 21.0. The van der Waals surface area contributed by atoms with E-state index in [-0.39, 0.29) is 53.2 Å². The third-order valence-corrected chi connectivity index (χ3v) is 7.04. The van der Waals surface area contributed by atoms with E-state index >= 15 is 4.39 Å². The average molecular weight is 539 g/mol. The zero-order valence-electron chi connectivity index (χ0n) is 21.0. The van der Waals surface area contributed by atoms with Crippen LogP contribution in [0.5, 0.6) is 11.5 Å². The highest BCUT2D eigenvalue weighted by Crippen LogP contribution is 2.40. The highest BCUT2D eigenvalue weighted by Gasteiger charge is 2.28. The van der Waals surface area contributed by atoms with Gasteiger partial charge in [0.05, 0.1) is 19.3 Å². The van der Waals surface area contributed by atoms with Crippen LogP contribution in [0.2, 0.25) is 0 Å². The molecular formula is C29H28F6O3. The van der Waals surface area contributed by atoms with Gasteiger partial charge in [0, 0.05) is 16.7 Å². The fourth-order valence-corrected chi connectivity index (χ4v) is 4.92. The van der Waals surface area contributed by atoms with E-state index in [0.717, 1.165) is 6.07 Å². The Morgan fingerprint density at radius 1 is 0.711 bits per heavy atom. The van der Waals surface area contributed by atoms with Gasteiger partial charge in [0.1, 0.15) is 0 Å². The standard InChI is InChI=1S/C29H28F6O3/c1-3-37-22-13-11-21(27(33)28(22)34)20-9-8-19(25(31)26(20)32)17-6-4-16(5-7-17)14-38-23-12-10-18(15(2)36)24(30)29(23)35/h8-13,15-17,36H,3-7,14H2,1-2H3. The Morgan fingerprint density at radius 3 is 1.89 bits per heavy atom. The summed E-state index contributed by atoms with van der Waals surface area (Å²) >= 11 is 0. The van der Waals surface area contributed by atoms with Crippen LogP contribution in [0.1, 0.15) is 62.7 Å². The first-order valence-electron chi connectivity index (χ1n) is 12.5. The lowest BCUT2D eigenvalue weighted by atomic mass is 9.78. The molecule has 0 heterocycles. The second-order valence-corrected chi connectivity index (χ2v) is 9.49. The molecule has 1 aliphatic rings. The third kappa shape index (κ3) is 5.48. The maximum absolute atomic E-state index is 15.1. The molecule has 3 aromatic carbocycles. The van der Waals surface area contributed by atoms with Crippen LogP contribution in [0.3, 0.4) is 0 Å². The monoisotopic (exact) mass is 538 g/mol. The van der Waals surface area contributed by atoms with Crippen molar-refractivity contribution in [1.29, 1.82) is 0 Å². The summed E-state index contributed by atoms with van der Waals surface area (Å²) in [4.78, 5) is 0. The molecule has 0 bridgehead atoms. The second-order valence-electron chi connectivity index (χ2n) is 9.49. The zero-order chi connectivity index (χ0) is 27.6. The van der Waals surface area contributed by atoms with Crippen molar-refractivity contribution in [2.45, 2.75) is 51.6 Å². The molecule has 1 aliphatic carbocycles. The molecule has 9 heteroatoms. The largest absolute Gasteiger partial charge is 0.491 e. The molecule has 1 atom stereocenters. The van der Waals surface area contributed by atoms with Gasteiger partial charge >= 0.3 is 0 Å². The minimum Gasteiger partial charge on any atom is -0.491 e. The molecule has 0 radical (unpaired) electrons. The van der Waals surface area contributed by atoms with Crippen molar-refractivity contribution in [2.75, 3.05) is 13.2 Å². The van der Waals surface area contributed by atoms with Crippen LogP contribution in [0.25, 0.3) is 11.1 Å². The summed E-state index contributed by atoms with van der Waals surface area (Å²) < 4.78 is 97.7. The maximum Gasteiger partial charge on any atom is 0.201 e. The Labute approximate surface area is 217 Å². The molecule has 0 saturated heterocycles. The van der Waals surface area contributed by atoms with Crippen LogP contribution < -0.4 is 9.47 Å². The molecule has 1 N–H and O–H groups in total. The highest BCUT2D eigenvalue weighted by atomic mass is 19.2. The van der Waals surface area contributed by atoms with Gasteiger partial charge in [-0.1, -0.05) is 12.1 Å². The predicted octanol–water partition coefficient (Wildman–Crippen LogP) is 7.99. The first-order valence-corrected chi connectivity index (χ1v) is 12.5. The van der Waals surface area contributed by atoms with Crippen molar-refractivity contribution >= 4 is 0 Å². The first kappa shape index (κ1) is 27.8. The normalized spacial score (nSPS) is 18.3. The van der Waals surface area contributed by atoms with Gasteiger partial charge in [-0.2, -0.15) is 8.78 Å². The molecule has 0 aliphatic heterocycles. The number of aliphatic hydroxyl groups is 1. The number of rotatable bonds is 8. The van der Waals surface area contributed by atoms with E-state index in [4.69, 9.17) is 9.47 Å². The molecule has 4 rings (SSSR count). The van der Waals surface area contributed by atoms with E-state index in [1.165, 1.54) is 37.3 Å². The van der Waals surface area contributed by atoms with Crippen molar-refractivity contribution in [3.05, 3.63) is 82.4 Å². The van der Waals surface area contributed by atoms with Crippen molar-refractivity contribution in [2.24, 2.45) is 5.92 Å². The Bertz CT molecular complexity index is 1300. The number of benzene rings is 3. The highest BCUT2D eigenvalue weighted by molar-refractivity contribution is 5.66. The minimum absolute atomic E-state index is 0.00161. The van der Waals surface area contributed by atoms with E-state index in [0.29, 0.717) is 25.7 Å². The van der Waals surface area contributed by atoms with E-state index < -0.39 is 46.6 Å². The molecule has 38 heavy (non-hydrogen) atoms. The number of aliphatic hydroxyl groups excluding tert-OH is 1. The van der Waals surface area contributed by atoms with Gasteiger partial charge < -0.3 is 14.6 Å². The first-order chi connectivity index (χ1) is 18.1. The summed E-state index contributed by atoms with van der Waals surface area (Å²) in [5.41, 5.74) is -0.797. The molecule has 1 fully saturated rings. The van der Waals surface area contributed by atoms with Gasteiger partial charge in [-0.3, -0.25) is 0 Å². The summed E-state index contributed by atoms with van der Waals surface area (Å²) in [5, 5.41) is 9.50. The molecule has 0 spiro atoms. The number of ether oxygens (including phenoxy) is 2. The average Bonchev–Trinajstić information content (AvgIpc) is 2.90. The predicted molar refractivity (Wildman–Crippen MR) is 130 cm³/mol. The van der Waals surface area contributed by atoms with Crippen LogP contribution in [0.4, 0.5) is 26.3 Å². The topological polar surface area (TPSA) is 38.7 Å². The second kappa shape index (κ2) is 11.7. The van der Waals surface area contributed by atoms with Gasteiger partial charge in [0.15, 0.2) is 34.8 Å². The Morgan fingerprint density at radius 2 is 1.26 bits per heavy atom. The van der Waals surface area contributed by atoms with Crippen LogP contribution >= 0.6 is 0 Å². The number of hydrogen-bond acceptors (Lipinski definition) is 3. The molecule has 0 amide bonds. The van der Waals surface area contributed by atoms with Gasteiger partial charge in [-0.05, 0) is 81.2 Å². The summed E-state index contributed by atoms with van der Waals surface area (Å²) in [6.45, 7) is 3.18. The lowest BCUT2D eigenvalue weighted by Gasteiger charge is -2.29. The summed E-state index contributed by atoms with van der Waals surface area (Å²) in [6, 6.07) is 7.50. The van der Waals surface area contributed by atoms with Crippen LogP contribution in [-0.4, -0.2) is 18.3 Å². The summed E-state index contributed by atoms with van der Waals surface area (Å²) in [5.74, 6) is -8.13. The van der Waals surface area contributed by atoms with Crippen molar-refractivity contribution < 1.29 is 40.9 Å². The van der Waals surface area contributed by atoms with E-state index in [1.807, 2.05) is 0 Å². The fraction of sp³-hybridized carbons (Fsp3) is 0.379. The number of halogens is 6. The van der Waals surface area contributed by atoms with Crippen molar-refractivity contribution in [3.8, 4) is 22.6 Å². The Balaban J connectivity index is 1.42. The van der Waals surface area contributed by atoms with Gasteiger partial charge in [-0.15, -0.1) is 0 Å². The lowest BCUT2D eigenvalue weighted by molar-refractivity contribution is 0.184. The fourth-order valence-electron chi connectivity index (χ4n) is 4.92. The van der Waals surface area contributed by atoms with Crippen molar-refractivity contribution in [3.63, 3.8) is 0 Å². The van der Waals surface area contributed by atoms with Gasteiger partial charge in [0.2, 0.25) is 11.6 Å². The van der Waals surface area contributed by atoms with Crippen LogP contribution in [0.15, 0.2) is 36.4 Å². The van der Waals surface area contributed by atoms with Gasteiger partial charge in [-0.25, -0.2) is 17.6 Å². The SMILES string of the molecule is CCOc1ccc(-c2ccc(C3CCC(COc4ccc(C(C)O)c(F)c4F)CC3)c(F)c2F)c(F)c1F. The maximum atomic E-state index is 15.1. The smallest absolute Gasteiger partial charge is 0.201 e. The quantitative estimate of drug-likeness (QED) is 0.296. The Kier molecular flexibility index (Phi) is 8.55. The summed E-state index contributed by atoms with van der Waals surface area (Å²) in [6.07, 6.45) is 1.03. The summed E-state index contributed by atoms with van der Waals surface area (Å²) in [7, 11) is 0. The van der Waals surface area contributed by atoms with Gasteiger partial charge in [0.25, 0.3) is 0 Å². The molecular weight excluding hydrogens is 510 g/mol. The lowest BCUT2D eigenvalue weighted by Crippen LogP contribution is -2.20. The molecule has 3 nitrogen and oxygen atoms in total. The van der Waals surface area contributed by atoms with Crippen LogP contribution in [-0.2, 0) is 0 Å². The van der Waals surface area contributed by atoms with E-state index in [1.54, 1.807) is 6.92 Å². The molecule has 1 saturated carbocycles. The Hall–Kier alpha value is -3.20. The minimum atomic E-state index is -1.32. The van der Waals surface area contributed by atoms with Crippen LogP contribution in [0, 0.1) is 40.8 Å². The third-order valence-electron chi connectivity index (χ3n) is 7.04. The molecule has 0 aromatic heterocycles. The van der Waals surface area contributed by atoms with Crippen molar-refractivity contribution in [1.82, 2.24) is 0 Å². The van der Waals surface area contributed by atoms with E-state index in [9.17, 15) is 27.1 Å².